The smallest absolute Gasteiger partial charge is 0.407 e. The van der Waals surface area contributed by atoms with E-state index < -0.39 is 6.09 Å². The van der Waals surface area contributed by atoms with Crippen molar-refractivity contribution in [2.24, 2.45) is 0 Å². The maximum atomic E-state index is 11.1. The summed E-state index contributed by atoms with van der Waals surface area (Å²) in [5, 5.41) is 17.1. The van der Waals surface area contributed by atoms with E-state index >= 15 is 0 Å². The fourth-order valence-corrected chi connectivity index (χ4v) is 4.39. The maximum Gasteiger partial charge on any atom is 0.407 e. The van der Waals surface area contributed by atoms with E-state index in [1.54, 1.807) is 12.4 Å². The number of hydrogen-bond acceptors (Lipinski definition) is 7. The van der Waals surface area contributed by atoms with E-state index in [0.29, 0.717) is 19.0 Å². The highest BCUT2D eigenvalue weighted by atomic mass is 16.4. The van der Waals surface area contributed by atoms with Crippen LogP contribution in [0, 0.1) is 0 Å². The van der Waals surface area contributed by atoms with E-state index in [0.717, 1.165) is 60.8 Å². The molecular weight excluding hydrogens is 468 g/mol. The number of aryl methyl sites for hydroxylation is 1. The first-order chi connectivity index (χ1) is 18.1. The number of piperazine rings is 1. The molecule has 1 saturated heterocycles. The number of carbonyl (C=O) groups is 1. The van der Waals surface area contributed by atoms with Crippen LogP contribution in [0.1, 0.15) is 12.5 Å². The van der Waals surface area contributed by atoms with E-state index in [-0.39, 0.29) is 0 Å². The largest absolute Gasteiger partial charge is 0.465 e. The molecule has 0 saturated carbocycles. The van der Waals surface area contributed by atoms with E-state index in [4.69, 9.17) is 15.2 Å². The summed E-state index contributed by atoms with van der Waals surface area (Å²) < 4.78 is 1.90. The normalized spacial score (nSPS) is 14.0. The average Bonchev–Trinajstić information content (AvgIpc) is 3.38. The van der Waals surface area contributed by atoms with Gasteiger partial charge in [0.2, 0.25) is 5.95 Å². The van der Waals surface area contributed by atoms with Crippen LogP contribution in [-0.4, -0.2) is 78.5 Å². The molecule has 0 atom stereocenters. The van der Waals surface area contributed by atoms with Gasteiger partial charge >= 0.3 is 6.09 Å². The van der Waals surface area contributed by atoms with Crippen molar-refractivity contribution in [2.75, 3.05) is 38.0 Å². The summed E-state index contributed by atoms with van der Waals surface area (Å²) in [6.07, 6.45) is 7.40. The van der Waals surface area contributed by atoms with Crippen molar-refractivity contribution in [1.82, 2.24) is 34.5 Å². The molecule has 1 aromatic carbocycles. The van der Waals surface area contributed by atoms with Crippen LogP contribution < -0.4 is 5.32 Å². The minimum absolute atomic E-state index is 0.517. The fraction of sp³-hybridized carbons (Fsp3) is 0.296. The Morgan fingerprint density at radius 2 is 1.86 bits per heavy atom. The van der Waals surface area contributed by atoms with E-state index in [9.17, 15) is 4.79 Å². The van der Waals surface area contributed by atoms with E-state index in [1.807, 2.05) is 47.4 Å². The van der Waals surface area contributed by atoms with E-state index in [2.05, 4.69) is 39.2 Å². The first kappa shape index (κ1) is 24.4. The van der Waals surface area contributed by atoms with Crippen LogP contribution in [0.3, 0.4) is 0 Å². The Morgan fingerprint density at radius 3 is 2.57 bits per heavy atom. The second-order valence-electron chi connectivity index (χ2n) is 8.94. The van der Waals surface area contributed by atoms with Crippen molar-refractivity contribution in [3.8, 4) is 22.5 Å². The Morgan fingerprint density at radius 1 is 1.05 bits per heavy atom. The van der Waals surface area contributed by atoms with Crippen molar-refractivity contribution >= 4 is 17.7 Å². The molecule has 190 valence electrons. The molecule has 1 aliphatic rings. The number of nitrogens with one attached hydrogen (secondary N) is 1. The van der Waals surface area contributed by atoms with Gasteiger partial charge in [-0.2, -0.15) is 5.10 Å². The van der Waals surface area contributed by atoms with Gasteiger partial charge in [-0.25, -0.2) is 14.8 Å². The molecule has 4 heterocycles. The Labute approximate surface area is 215 Å². The molecule has 1 amide bonds. The number of hydrogen-bond donors (Lipinski definition) is 2. The summed E-state index contributed by atoms with van der Waals surface area (Å²) in [7, 11) is 0. The first-order valence-electron chi connectivity index (χ1n) is 12.5. The highest BCUT2D eigenvalue weighted by Crippen LogP contribution is 2.30. The van der Waals surface area contributed by atoms with Crippen molar-refractivity contribution in [1.29, 1.82) is 0 Å². The molecular formula is C27H30N8O2. The number of carboxylic acid groups (broad SMARTS) is 1. The predicted octanol–water partition coefficient (Wildman–Crippen LogP) is 4.00. The van der Waals surface area contributed by atoms with Crippen LogP contribution in [0.4, 0.5) is 16.4 Å². The van der Waals surface area contributed by atoms with Gasteiger partial charge in [-0.05, 0) is 49.2 Å². The molecule has 3 aromatic heterocycles. The average molecular weight is 499 g/mol. The summed E-state index contributed by atoms with van der Waals surface area (Å²) in [4.78, 5) is 28.3. The number of aromatic nitrogens is 5. The third-order valence-electron chi connectivity index (χ3n) is 6.52. The summed E-state index contributed by atoms with van der Waals surface area (Å²) in [5.41, 5.74) is 5.64. The van der Waals surface area contributed by atoms with Crippen LogP contribution in [0.5, 0.6) is 0 Å². The van der Waals surface area contributed by atoms with Gasteiger partial charge < -0.3 is 15.3 Å². The maximum absolute atomic E-state index is 11.1. The van der Waals surface area contributed by atoms with Gasteiger partial charge in [0.05, 0.1) is 5.69 Å². The summed E-state index contributed by atoms with van der Waals surface area (Å²) >= 11 is 0. The van der Waals surface area contributed by atoms with Gasteiger partial charge in [-0.3, -0.25) is 14.6 Å². The molecule has 10 nitrogen and oxygen atoms in total. The monoisotopic (exact) mass is 498 g/mol. The van der Waals surface area contributed by atoms with Crippen LogP contribution in [-0.2, 0) is 13.0 Å². The van der Waals surface area contributed by atoms with Gasteiger partial charge in [0.1, 0.15) is 5.69 Å². The number of nitrogens with zero attached hydrogens (tertiary/aromatic N) is 7. The molecule has 10 heteroatoms. The number of rotatable bonds is 8. The Hall–Kier alpha value is -4.31. The Balaban J connectivity index is 1.24. The minimum Gasteiger partial charge on any atom is -0.465 e. The van der Waals surface area contributed by atoms with Crippen LogP contribution in [0.25, 0.3) is 22.5 Å². The summed E-state index contributed by atoms with van der Waals surface area (Å²) in [6.45, 7) is 6.42. The zero-order valence-electron chi connectivity index (χ0n) is 20.8. The van der Waals surface area contributed by atoms with Crippen molar-refractivity contribution < 1.29 is 9.90 Å². The predicted molar refractivity (Wildman–Crippen MR) is 142 cm³/mol. The van der Waals surface area contributed by atoms with Crippen molar-refractivity contribution in [2.45, 2.75) is 19.9 Å². The lowest BCUT2D eigenvalue weighted by Gasteiger charge is -2.33. The van der Waals surface area contributed by atoms with Crippen molar-refractivity contribution in [3.05, 3.63) is 72.8 Å². The van der Waals surface area contributed by atoms with Gasteiger partial charge in [-0.1, -0.05) is 12.1 Å². The third kappa shape index (κ3) is 5.92. The quantitative estimate of drug-likeness (QED) is 0.375. The minimum atomic E-state index is -0.831. The summed E-state index contributed by atoms with van der Waals surface area (Å²) in [5.74, 6) is 0.517. The van der Waals surface area contributed by atoms with Gasteiger partial charge in [0, 0.05) is 80.9 Å². The fourth-order valence-electron chi connectivity index (χ4n) is 4.39. The number of pyridine rings is 1. The van der Waals surface area contributed by atoms with E-state index in [1.165, 1.54) is 10.5 Å². The summed E-state index contributed by atoms with van der Waals surface area (Å²) in [6, 6.07) is 14.1. The molecule has 0 bridgehead atoms. The number of amides is 1. The molecule has 0 unspecified atom stereocenters. The molecule has 1 fully saturated rings. The number of benzene rings is 1. The lowest BCUT2D eigenvalue weighted by molar-refractivity contribution is 0.106. The number of anilines is 2. The van der Waals surface area contributed by atoms with Gasteiger partial charge in [-0.15, -0.1) is 0 Å². The second-order valence-corrected chi connectivity index (χ2v) is 8.94. The molecule has 5 rings (SSSR count). The molecule has 4 aromatic rings. The second kappa shape index (κ2) is 11.2. The lowest BCUT2D eigenvalue weighted by atomic mass is 10.1. The first-order valence-corrected chi connectivity index (χ1v) is 12.5. The molecule has 2 N–H and O–H groups in total. The third-order valence-corrected chi connectivity index (χ3v) is 6.52. The van der Waals surface area contributed by atoms with Crippen LogP contribution in [0.2, 0.25) is 0 Å². The van der Waals surface area contributed by atoms with Gasteiger partial charge in [0.15, 0.2) is 0 Å². The highest BCUT2D eigenvalue weighted by Gasteiger charge is 2.20. The zero-order chi connectivity index (χ0) is 25.6. The Bertz CT molecular complexity index is 1330. The molecule has 0 radical (unpaired) electrons. The van der Waals surface area contributed by atoms with Crippen molar-refractivity contribution in [3.63, 3.8) is 0 Å². The van der Waals surface area contributed by atoms with Crippen LogP contribution >= 0.6 is 0 Å². The zero-order valence-corrected chi connectivity index (χ0v) is 20.8. The molecule has 0 aliphatic carbocycles. The molecule has 1 aliphatic heterocycles. The topological polar surface area (TPSA) is 112 Å². The lowest BCUT2D eigenvalue weighted by Crippen LogP contribution is -2.48. The SMILES string of the molecule is CCn1cc(-c2ccnc(Nc3ccc(CCN4CCN(C(=O)O)CC4)cc3)n2)c(-c2cccnc2)n1. The molecule has 37 heavy (non-hydrogen) atoms. The van der Waals surface area contributed by atoms with Gasteiger partial charge in [0.25, 0.3) is 0 Å². The Kier molecular flexibility index (Phi) is 7.36. The molecule has 0 spiro atoms. The standard InChI is InChI=1S/C27H30N8O2/c1-2-35-19-23(25(32-35)21-4-3-11-28-18-21)24-9-12-29-26(31-24)30-22-7-5-20(6-8-22)10-13-33-14-16-34(17-15-33)27(36)37/h3-9,11-12,18-19H,2,10,13-17H2,1H3,(H,36,37)(H,29,30,31). The highest BCUT2D eigenvalue weighted by molar-refractivity contribution is 5.78. The van der Waals surface area contributed by atoms with Crippen LogP contribution in [0.15, 0.2) is 67.3 Å².